The molecule has 0 atom stereocenters. The molecule has 0 spiro atoms. The van der Waals surface area contributed by atoms with Gasteiger partial charge in [-0.2, -0.15) is 26.3 Å². The van der Waals surface area contributed by atoms with Gasteiger partial charge >= 0.3 is 12.4 Å². The lowest BCUT2D eigenvalue weighted by Crippen LogP contribution is -2.54. The van der Waals surface area contributed by atoms with Crippen molar-refractivity contribution in [2.45, 2.75) is 24.7 Å². The van der Waals surface area contributed by atoms with E-state index in [1.807, 2.05) is 0 Å². The molecule has 12 heteroatoms. The summed E-state index contributed by atoms with van der Waals surface area (Å²) < 4.78 is 96.9. The lowest BCUT2D eigenvalue weighted by Gasteiger charge is -2.38. The summed E-state index contributed by atoms with van der Waals surface area (Å²) >= 11 is 12.3. The highest BCUT2D eigenvalue weighted by Gasteiger charge is 2.72. The van der Waals surface area contributed by atoms with Crippen LogP contribution in [0.1, 0.15) is 18.1 Å². The highest BCUT2D eigenvalue weighted by atomic mass is 79.9. The van der Waals surface area contributed by atoms with E-state index in [-0.39, 0.29) is 33.7 Å². The molecule has 2 aromatic carbocycles. The van der Waals surface area contributed by atoms with Crippen LogP contribution in [0.25, 0.3) is 0 Å². The molecule has 0 aliphatic rings. The number of hydrogen-bond acceptors (Lipinski definition) is 2. The summed E-state index contributed by atoms with van der Waals surface area (Å²) in [6.07, 6.45) is -9.85. The standard InChI is InChI=1S/C20H14Br4F6O2/c1-2-31-13-5-3-11(4-6-13)18(19(25,26)27,20(28,29)30)12-9-14(21)17(15(22)10-12)32-8-7-16(23)24/h3-7,9-10H,2,8H2,1H3. The Balaban J connectivity index is 2.74. The average molecular weight is 720 g/mol. The number of rotatable bonds is 7. The van der Waals surface area contributed by atoms with Crippen LogP contribution in [0.3, 0.4) is 0 Å². The Morgan fingerprint density at radius 1 is 0.844 bits per heavy atom. The van der Waals surface area contributed by atoms with E-state index in [2.05, 4.69) is 63.7 Å². The van der Waals surface area contributed by atoms with Gasteiger partial charge in [0.1, 0.15) is 18.1 Å². The first-order chi connectivity index (χ1) is 14.8. The fourth-order valence-electron chi connectivity index (χ4n) is 3.05. The van der Waals surface area contributed by atoms with Crippen molar-refractivity contribution in [1.29, 1.82) is 0 Å². The van der Waals surface area contributed by atoms with E-state index in [1.54, 1.807) is 13.0 Å². The zero-order chi connectivity index (χ0) is 24.3. The Bertz CT molecular complexity index is 931. The molecule has 2 nitrogen and oxygen atoms in total. The van der Waals surface area contributed by atoms with Crippen molar-refractivity contribution >= 4 is 63.7 Å². The third-order valence-electron chi connectivity index (χ3n) is 4.35. The molecule has 0 saturated carbocycles. The van der Waals surface area contributed by atoms with Crippen LogP contribution in [-0.4, -0.2) is 25.6 Å². The van der Waals surface area contributed by atoms with Crippen LogP contribution in [0.5, 0.6) is 11.5 Å². The van der Waals surface area contributed by atoms with E-state index < -0.39 is 28.9 Å². The van der Waals surface area contributed by atoms with Gasteiger partial charge in [-0.05, 0) is 112 Å². The second kappa shape index (κ2) is 10.7. The SMILES string of the molecule is CCOc1ccc(C(c2cc(Br)c(OCC=C(Br)Br)c(Br)c2)(C(F)(F)F)C(F)(F)F)cc1. The van der Waals surface area contributed by atoms with E-state index in [4.69, 9.17) is 9.47 Å². The zero-order valence-electron chi connectivity index (χ0n) is 16.1. The maximum atomic E-state index is 14.3. The van der Waals surface area contributed by atoms with Crippen LogP contribution < -0.4 is 9.47 Å². The summed E-state index contributed by atoms with van der Waals surface area (Å²) in [4.78, 5) is 0. The van der Waals surface area contributed by atoms with E-state index in [0.717, 1.165) is 36.4 Å². The number of ether oxygens (including phenoxy) is 2. The van der Waals surface area contributed by atoms with Crippen LogP contribution in [0, 0.1) is 0 Å². The molecule has 0 amide bonds. The molecule has 0 N–H and O–H groups in total. The predicted octanol–water partition coefficient (Wildman–Crippen LogP) is 9.03. The third kappa shape index (κ3) is 5.67. The van der Waals surface area contributed by atoms with Crippen LogP contribution in [0.2, 0.25) is 0 Å². The van der Waals surface area contributed by atoms with Gasteiger partial charge in [0.25, 0.3) is 0 Å². The number of alkyl halides is 6. The fraction of sp³-hybridized carbons (Fsp3) is 0.300. The predicted molar refractivity (Wildman–Crippen MR) is 124 cm³/mol. The van der Waals surface area contributed by atoms with Gasteiger partial charge in [-0.1, -0.05) is 12.1 Å². The van der Waals surface area contributed by atoms with Gasteiger partial charge in [-0.15, -0.1) is 0 Å². The average Bonchev–Trinajstić information content (AvgIpc) is 2.63. The maximum Gasteiger partial charge on any atom is 0.411 e. The molecule has 0 unspecified atom stereocenters. The first-order valence-electron chi connectivity index (χ1n) is 8.76. The summed E-state index contributed by atoms with van der Waals surface area (Å²) in [5.74, 6) is 0.211. The quantitative estimate of drug-likeness (QED) is 0.266. The van der Waals surface area contributed by atoms with Crippen molar-refractivity contribution in [2.24, 2.45) is 0 Å². The minimum Gasteiger partial charge on any atom is -0.494 e. The van der Waals surface area contributed by atoms with Gasteiger partial charge in [-0.3, -0.25) is 0 Å². The van der Waals surface area contributed by atoms with Gasteiger partial charge < -0.3 is 9.47 Å². The molecule has 0 radical (unpaired) electrons. The zero-order valence-corrected chi connectivity index (χ0v) is 22.4. The van der Waals surface area contributed by atoms with Crippen molar-refractivity contribution < 1.29 is 35.8 Å². The molecule has 2 aromatic rings. The Morgan fingerprint density at radius 3 is 1.75 bits per heavy atom. The molecule has 0 heterocycles. The van der Waals surface area contributed by atoms with Crippen LogP contribution in [0.15, 0.2) is 54.8 Å². The van der Waals surface area contributed by atoms with Gasteiger partial charge in [0, 0.05) is 0 Å². The Hall–Kier alpha value is -0.720. The molecule has 176 valence electrons. The third-order valence-corrected chi connectivity index (χ3v) is 6.17. The molecule has 0 aromatic heterocycles. The van der Waals surface area contributed by atoms with Gasteiger partial charge in [-0.25, -0.2) is 0 Å². The second-order valence-electron chi connectivity index (χ2n) is 6.28. The lowest BCUT2D eigenvalue weighted by atomic mass is 9.73. The topological polar surface area (TPSA) is 18.5 Å². The monoisotopic (exact) mass is 716 g/mol. The minimum absolute atomic E-state index is 0.00492. The minimum atomic E-state index is -5.71. The number of halogens is 10. The van der Waals surface area contributed by atoms with Crippen LogP contribution in [-0.2, 0) is 5.41 Å². The lowest BCUT2D eigenvalue weighted by molar-refractivity contribution is -0.288. The highest BCUT2D eigenvalue weighted by Crippen LogP contribution is 2.57. The van der Waals surface area contributed by atoms with Crippen molar-refractivity contribution in [2.75, 3.05) is 13.2 Å². The number of benzene rings is 2. The molecule has 0 fully saturated rings. The second-order valence-corrected chi connectivity index (χ2v) is 10.8. The van der Waals surface area contributed by atoms with Gasteiger partial charge in [0.05, 0.1) is 18.9 Å². The molecular weight excluding hydrogens is 706 g/mol. The molecule has 0 saturated heterocycles. The van der Waals surface area contributed by atoms with E-state index >= 15 is 0 Å². The van der Waals surface area contributed by atoms with Crippen molar-refractivity contribution in [3.8, 4) is 11.5 Å². The Morgan fingerprint density at radius 2 is 1.34 bits per heavy atom. The summed E-state index contributed by atoms with van der Waals surface area (Å²) in [6.45, 7) is 1.87. The van der Waals surface area contributed by atoms with E-state index in [9.17, 15) is 26.3 Å². The first-order valence-corrected chi connectivity index (χ1v) is 11.9. The summed E-state index contributed by atoms with van der Waals surface area (Å²) in [5.41, 5.74) is -6.29. The fourth-order valence-corrected chi connectivity index (χ4v) is 4.73. The van der Waals surface area contributed by atoms with Crippen molar-refractivity contribution in [3.63, 3.8) is 0 Å². The van der Waals surface area contributed by atoms with Crippen LogP contribution in [0.4, 0.5) is 26.3 Å². The molecule has 0 aliphatic carbocycles. The molecule has 2 rings (SSSR count). The summed E-state index contributed by atoms with van der Waals surface area (Å²) in [5, 5.41) is 0. The largest absolute Gasteiger partial charge is 0.494 e. The van der Waals surface area contributed by atoms with E-state index in [0.29, 0.717) is 3.39 Å². The van der Waals surface area contributed by atoms with Crippen LogP contribution >= 0.6 is 63.7 Å². The molecule has 0 aliphatic heterocycles. The maximum absolute atomic E-state index is 14.3. The normalized spacial score (nSPS) is 12.5. The van der Waals surface area contributed by atoms with Gasteiger partial charge in [0.15, 0.2) is 0 Å². The smallest absolute Gasteiger partial charge is 0.411 e. The molecular formula is C20H14Br4F6O2. The highest BCUT2D eigenvalue weighted by molar-refractivity contribution is 9.28. The Kier molecular flexibility index (Phi) is 9.19. The Labute approximate surface area is 213 Å². The summed E-state index contributed by atoms with van der Waals surface area (Å²) in [7, 11) is 0. The van der Waals surface area contributed by atoms with Crippen molar-refractivity contribution in [3.05, 3.63) is 65.9 Å². The van der Waals surface area contributed by atoms with Crippen molar-refractivity contribution in [1.82, 2.24) is 0 Å². The van der Waals surface area contributed by atoms with Gasteiger partial charge in [0.2, 0.25) is 5.41 Å². The first kappa shape index (κ1) is 27.5. The molecule has 0 bridgehead atoms. The number of hydrogen-bond donors (Lipinski definition) is 0. The molecule has 32 heavy (non-hydrogen) atoms. The van der Waals surface area contributed by atoms with E-state index in [1.165, 1.54) is 0 Å². The summed E-state index contributed by atoms with van der Waals surface area (Å²) in [6, 6.07) is 5.25.